The van der Waals surface area contributed by atoms with Crippen LogP contribution in [0.5, 0.6) is 0 Å². The minimum absolute atomic E-state index is 1.22. The highest BCUT2D eigenvalue weighted by Crippen LogP contribution is 2.62. The van der Waals surface area contributed by atoms with Gasteiger partial charge in [-0.25, -0.2) is 0 Å². The summed E-state index contributed by atoms with van der Waals surface area (Å²) in [6.07, 6.45) is 0. The van der Waals surface area contributed by atoms with Gasteiger partial charge in [0.25, 0.3) is 0 Å². The van der Waals surface area contributed by atoms with Crippen LogP contribution < -0.4 is 0 Å². The fourth-order valence-electron chi connectivity index (χ4n) is 27.1. The molecule has 0 bridgehead atoms. The normalized spacial score (nSPS) is 12.4. The predicted octanol–water partition coefficient (Wildman–Crippen LogP) is 39.9. The first-order valence-electron chi connectivity index (χ1n) is 49.1. The smallest absolute Gasteiger partial charge is 0.000717 e. The molecule has 0 radical (unpaired) electrons. The van der Waals surface area contributed by atoms with E-state index in [1.165, 1.54) is 336 Å². The van der Waals surface area contributed by atoms with E-state index in [0.29, 0.717) is 0 Å². The molecule has 0 saturated carbocycles. The third kappa shape index (κ3) is 10.1. The molecule has 32 aromatic carbocycles. The Hall–Kier alpha value is -18.2. The molecule has 0 N–H and O–H groups in total. The third-order valence-electron chi connectivity index (χ3n) is 32.3. The van der Waals surface area contributed by atoms with Crippen LogP contribution in [0.15, 0.2) is 473 Å². The predicted molar refractivity (Wildman–Crippen MR) is 607 cm³/mol. The Morgan fingerprint density at radius 2 is 0.164 bits per heavy atom. The Labute approximate surface area is 803 Å². The maximum Gasteiger partial charge on any atom is -0.000717 e. The molecular weight excluding hydrogens is 1680 g/mol. The molecule has 0 aliphatic rings. The van der Waals surface area contributed by atoms with Gasteiger partial charge >= 0.3 is 0 Å². The van der Waals surface area contributed by atoms with Gasteiger partial charge in [-0.3, -0.25) is 0 Å². The van der Waals surface area contributed by atoms with Crippen LogP contribution in [0.25, 0.3) is 336 Å². The summed E-state index contributed by atoms with van der Waals surface area (Å²) < 4.78 is 0. The molecule has 0 aromatic heterocycles. The first-order chi connectivity index (χ1) is 69.6. The van der Waals surface area contributed by atoms with Crippen LogP contribution in [0.3, 0.4) is 0 Å². The highest BCUT2D eigenvalue weighted by atomic mass is 14.4. The van der Waals surface area contributed by atoms with Crippen molar-refractivity contribution >= 4 is 259 Å². The number of fused-ring (bicyclic) bond motifs is 25. The van der Waals surface area contributed by atoms with E-state index in [9.17, 15) is 0 Å². The van der Waals surface area contributed by atoms with Crippen molar-refractivity contribution in [1.82, 2.24) is 0 Å². The molecule has 0 atom stereocenters. The van der Waals surface area contributed by atoms with Crippen molar-refractivity contribution < 1.29 is 0 Å². The zero-order valence-corrected chi connectivity index (χ0v) is 76.0. The molecule has 0 aliphatic heterocycles. The monoisotopic (exact) mass is 1760 g/mol. The van der Waals surface area contributed by atoms with Crippen LogP contribution in [0.2, 0.25) is 0 Å². The summed E-state index contributed by atoms with van der Waals surface area (Å²) >= 11 is 0. The lowest BCUT2D eigenvalue weighted by atomic mass is 9.76. The van der Waals surface area contributed by atoms with Crippen LogP contribution in [0.4, 0.5) is 0 Å². The fourth-order valence-corrected chi connectivity index (χ4v) is 27.1. The first kappa shape index (κ1) is 76.1. The molecule has 0 saturated heterocycles. The number of hydrogen-bond acceptors (Lipinski definition) is 0. The number of rotatable bonds is 7. The van der Waals surface area contributed by atoms with Crippen molar-refractivity contribution in [3.05, 3.63) is 473 Å². The Morgan fingerprint density at radius 1 is 0.0643 bits per heavy atom. The molecule has 0 spiro atoms. The van der Waals surface area contributed by atoms with Gasteiger partial charge in [0.15, 0.2) is 0 Å². The molecule has 140 heavy (non-hydrogen) atoms. The van der Waals surface area contributed by atoms with Crippen molar-refractivity contribution in [3.63, 3.8) is 0 Å². The molecule has 0 fully saturated rings. The van der Waals surface area contributed by atoms with Gasteiger partial charge < -0.3 is 0 Å². The van der Waals surface area contributed by atoms with Crippen LogP contribution in [-0.2, 0) is 0 Å². The first-order valence-corrected chi connectivity index (χ1v) is 49.1. The SMILES string of the molecule is c1ccc2c(-c3c4ccccc4c(-c4c5ccccc5c(-c5c6ccccc6c(-c6c7ccccc7c7c8c6cccc8c6ccc8c9cccc%10c(-c%11c%12ccccc%12c(-c%12c%13ccccc%13c(-c%13c%14ccccc%14cc%14ccccc%13%14)c%13ccccc%12%13)c%12ccccc%11%12)c%11ccccc%11c(c%109)c9c%10ccccc%10c7c6c89)c6ccccc56)c5ccccc45)c4ccccc34)c3ccccc3cc2c1. The second-order valence-electron chi connectivity index (χ2n) is 38.8. The average molecular weight is 1760 g/mol. The molecule has 32 aromatic rings. The molecule has 638 valence electrons. The summed E-state index contributed by atoms with van der Waals surface area (Å²) in [7, 11) is 0. The van der Waals surface area contributed by atoms with Crippen LogP contribution >= 0.6 is 0 Å². The standard InChI is InChI=1S/C140H78/c1-5-41-83-79(37-1)77-80-38-2-6-42-84(80)119(83)121-87-45-9-13-49-91(87)123(92-50-14-10-46-88(92)121)125-95-53-17-19-55-97(95)126(98-56-20-18-54-96(98)125)128-101-59-23-27-63-105(101)130(106-64-28-24-60-102(106)128)132-108-66-30-32-68-112(108)136-134-110(72-36-74-118(132)134)116-76-75-115-109-71-35-73-117-131(107-65-29-31-67-111(107)135(133(109)117)137-113-69-33-34-70-114(113)138(136)140(116)139(115)137)129-103-61-25-21-57-99(103)127(100-58-22-26-62-104(100)129)124-93-51-15-11-47-89(93)122(90-48-12-16-52-94(90)124)120-85-43-7-3-39-81(85)78-82-40-4-8-44-86(82)120/h1-78H. The van der Waals surface area contributed by atoms with E-state index in [-0.39, 0.29) is 0 Å². The van der Waals surface area contributed by atoms with Crippen molar-refractivity contribution in [2.75, 3.05) is 0 Å². The molecule has 32 rings (SSSR count). The highest BCUT2D eigenvalue weighted by molar-refractivity contribution is 6.54. The van der Waals surface area contributed by atoms with Gasteiger partial charge in [-0.15, -0.1) is 0 Å². The van der Waals surface area contributed by atoms with E-state index >= 15 is 0 Å². The molecule has 0 heterocycles. The van der Waals surface area contributed by atoms with E-state index in [0.717, 1.165) is 0 Å². The lowest BCUT2D eigenvalue weighted by molar-refractivity contribution is 1.70. The number of hydrogen-bond donors (Lipinski definition) is 0. The van der Waals surface area contributed by atoms with E-state index in [4.69, 9.17) is 0 Å². The fraction of sp³-hybridized carbons (Fsp3) is 0. The Kier molecular flexibility index (Phi) is 15.6. The van der Waals surface area contributed by atoms with Crippen LogP contribution in [-0.4, -0.2) is 0 Å². The molecular formula is C140H78. The Morgan fingerprint density at radius 3 is 0.350 bits per heavy atom. The summed E-state index contributed by atoms with van der Waals surface area (Å²) in [5, 5.41) is 59.9. The van der Waals surface area contributed by atoms with Gasteiger partial charge in [0, 0.05) is 0 Å². The molecule has 0 amide bonds. The van der Waals surface area contributed by atoms with Gasteiger partial charge in [-0.1, -0.05) is 461 Å². The quantitative estimate of drug-likeness (QED) is 0.110. The van der Waals surface area contributed by atoms with Crippen molar-refractivity contribution in [1.29, 1.82) is 0 Å². The lowest BCUT2D eigenvalue weighted by Crippen LogP contribution is -1.98. The second-order valence-corrected chi connectivity index (χ2v) is 38.8. The zero-order valence-electron chi connectivity index (χ0n) is 76.0. The second kappa shape index (κ2) is 28.7. The van der Waals surface area contributed by atoms with E-state index in [1.54, 1.807) is 0 Å². The average Bonchev–Trinajstić information content (AvgIpc) is 0.665. The van der Waals surface area contributed by atoms with Crippen molar-refractivity contribution in [3.8, 4) is 77.9 Å². The van der Waals surface area contributed by atoms with Gasteiger partial charge in [0.2, 0.25) is 0 Å². The largest absolute Gasteiger partial charge is 0.0616 e. The topological polar surface area (TPSA) is 0 Å². The van der Waals surface area contributed by atoms with Gasteiger partial charge in [-0.05, 0) is 349 Å². The lowest BCUT2D eigenvalue weighted by Gasteiger charge is -2.26. The maximum absolute atomic E-state index is 2.51. The van der Waals surface area contributed by atoms with Gasteiger partial charge in [0.1, 0.15) is 0 Å². The van der Waals surface area contributed by atoms with Crippen LogP contribution in [0, 0.1) is 0 Å². The Bertz CT molecular complexity index is 10700. The molecule has 0 heteroatoms. The van der Waals surface area contributed by atoms with Crippen molar-refractivity contribution in [2.24, 2.45) is 0 Å². The molecule has 0 unspecified atom stereocenters. The zero-order chi connectivity index (χ0) is 91.0. The van der Waals surface area contributed by atoms with E-state index < -0.39 is 0 Å². The maximum atomic E-state index is 2.51. The summed E-state index contributed by atoms with van der Waals surface area (Å²) in [6, 6.07) is 182. The van der Waals surface area contributed by atoms with Crippen LogP contribution in [0.1, 0.15) is 0 Å². The molecule has 0 aliphatic carbocycles. The van der Waals surface area contributed by atoms with Gasteiger partial charge in [0.05, 0.1) is 0 Å². The summed E-state index contributed by atoms with van der Waals surface area (Å²) in [6.45, 7) is 0. The third-order valence-corrected chi connectivity index (χ3v) is 32.3. The van der Waals surface area contributed by atoms with Gasteiger partial charge in [-0.2, -0.15) is 0 Å². The summed E-state index contributed by atoms with van der Waals surface area (Å²) in [5.41, 5.74) is 17.6. The van der Waals surface area contributed by atoms with E-state index in [2.05, 4.69) is 473 Å². The summed E-state index contributed by atoms with van der Waals surface area (Å²) in [5.74, 6) is 0. The van der Waals surface area contributed by atoms with E-state index in [1.807, 2.05) is 0 Å². The highest BCUT2D eigenvalue weighted by Gasteiger charge is 2.34. The number of benzene rings is 32. The van der Waals surface area contributed by atoms with Crippen molar-refractivity contribution in [2.45, 2.75) is 0 Å². The Balaban J connectivity index is 0.627. The minimum Gasteiger partial charge on any atom is -0.0616 e. The minimum atomic E-state index is 1.22. The molecule has 0 nitrogen and oxygen atoms in total. The summed E-state index contributed by atoms with van der Waals surface area (Å²) in [4.78, 5) is 0.